The lowest BCUT2D eigenvalue weighted by Gasteiger charge is -2.29. The highest BCUT2D eigenvalue weighted by Crippen LogP contribution is 2.22. The minimum Gasteiger partial charge on any atom is -0.352 e. The van der Waals surface area contributed by atoms with Gasteiger partial charge in [-0.25, -0.2) is 4.79 Å². The van der Waals surface area contributed by atoms with Gasteiger partial charge in [0, 0.05) is 31.1 Å². The van der Waals surface area contributed by atoms with E-state index >= 15 is 0 Å². The molecule has 3 amide bonds. The zero-order valence-corrected chi connectivity index (χ0v) is 12.6. The molecule has 1 fully saturated rings. The van der Waals surface area contributed by atoms with Crippen molar-refractivity contribution in [3.8, 4) is 0 Å². The van der Waals surface area contributed by atoms with E-state index < -0.39 is 6.03 Å². The van der Waals surface area contributed by atoms with Gasteiger partial charge in [0.15, 0.2) is 0 Å². The summed E-state index contributed by atoms with van der Waals surface area (Å²) in [6.07, 6.45) is 0.253. The van der Waals surface area contributed by atoms with Gasteiger partial charge in [-0.2, -0.15) is 0 Å². The van der Waals surface area contributed by atoms with Gasteiger partial charge in [0.25, 0.3) is 0 Å². The van der Waals surface area contributed by atoms with Crippen molar-refractivity contribution in [1.82, 2.24) is 15.5 Å². The number of primary amides is 1. The van der Waals surface area contributed by atoms with Crippen LogP contribution in [0.4, 0.5) is 4.79 Å². The Balaban J connectivity index is 0.00000200. The molecule has 0 aromatic carbocycles. The molecule has 1 unspecified atom stereocenters. The van der Waals surface area contributed by atoms with Gasteiger partial charge in [0.05, 0.1) is 12.5 Å². The highest BCUT2D eigenvalue weighted by atomic mass is 35.5. The van der Waals surface area contributed by atoms with Gasteiger partial charge in [-0.05, 0) is 11.4 Å². The monoisotopic (exact) mass is 318 g/mol. The van der Waals surface area contributed by atoms with Crippen LogP contribution in [-0.2, 0) is 4.79 Å². The van der Waals surface area contributed by atoms with Gasteiger partial charge in [-0.15, -0.1) is 23.7 Å². The van der Waals surface area contributed by atoms with E-state index in [1.54, 1.807) is 0 Å². The van der Waals surface area contributed by atoms with Crippen LogP contribution < -0.4 is 16.4 Å². The highest BCUT2D eigenvalue weighted by molar-refractivity contribution is 7.10. The van der Waals surface area contributed by atoms with E-state index in [4.69, 9.17) is 5.73 Å². The van der Waals surface area contributed by atoms with Gasteiger partial charge in [-0.1, -0.05) is 6.07 Å². The van der Waals surface area contributed by atoms with Crippen molar-refractivity contribution in [1.29, 1.82) is 0 Å². The van der Waals surface area contributed by atoms with Crippen LogP contribution in [0.25, 0.3) is 0 Å². The van der Waals surface area contributed by atoms with E-state index in [0.717, 1.165) is 18.0 Å². The van der Waals surface area contributed by atoms with Gasteiger partial charge in [0.1, 0.15) is 0 Å². The van der Waals surface area contributed by atoms with E-state index in [9.17, 15) is 9.59 Å². The van der Waals surface area contributed by atoms with E-state index in [0.29, 0.717) is 13.1 Å². The zero-order chi connectivity index (χ0) is 13.7. The number of rotatable bonds is 4. The number of hydrogen-bond donors (Lipinski definition) is 3. The number of hydrogen-bond acceptors (Lipinski definition) is 4. The first-order valence-electron chi connectivity index (χ1n) is 6.24. The molecule has 6 nitrogen and oxygen atoms in total. The number of halogens is 1. The number of thiophene rings is 1. The molecule has 0 aliphatic carbocycles. The fourth-order valence-electron chi connectivity index (χ4n) is 2.10. The fourth-order valence-corrected chi connectivity index (χ4v) is 2.88. The molecule has 0 bridgehead atoms. The topological polar surface area (TPSA) is 87.5 Å². The maximum Gasteiger partial charge on any atom is 0.312 e. The predicted molar refractivity (Wildman–Crippen MR) is 81.1 cm³/mol. The van der Waals surface area contributed by atoms with Crippen LogP contribution in [0.1, 0.15) is 17.3 Å². The molecule has 0 spiro atoms. The molecule has 1 saturated heterocycles. The number of urea groups is 1. The van der Waals surface area contributed by atoms with Crippen LogP contribution in [-0.4, -0.2) is 43.0 Å². The Labute approximate surface area is 128 Å². The lowest BCUT2D eigenvalue weighted by molar-refractivity contribution is -0.132. The van der Waals surface area contributed by atoms with Crippen molar-refractivity contribution in [3.05, 3.63) is 22.4 Å². The number of amides is 3. The minimum atomic E-state index is -0.605. The number of nitrogens with zero attached hydrogens (tertiary/aromatic N) is 1. The van der Waals surface area contributed by atoms with Crippen molar-refractivity contribution >= 4 is 35.7 Å². The first-order valence-corrected chi connectivity index (χ1v) is 7.12. The predicted octanol–water partition coefficient (Wildman–Crippen LogP) is 0.701. The Kier molecular flexibility index (Phi) is 6.77. The Morgan fingerprint density at radius 1 is 1.45 bits per heavy atom. The third-order valence-electron chi connectivity index (χ3n) is 3.05. The Bertz CT molecular complexity index is 435. The lowest BCUT2D eigenvalue weighted by atomic mass is 10.1. The molecular formula is C12H19ClN4O2S. The molecule has 1 aromatic heterocycles. The average Bonchev–Trinajstić information content (AvgIpc) is 2.92. The van der Waals surface area contributed by atoms with Crippen LogP contribution in [0.5, 0.6) is 0 Å². The molecule has 1 aliphatic rings. The molecule has 4 N–H and O–H groups in total. The summed E-state index contributed by atoms with van der Waals surface area (Å²) in [4.78, 5) is 26.0. The Morgan fingerprint density at radius 2 is 2.15 bits per heavy atom. The Hall–Kier alpha value is -1.31. The van der Waals surface area contributed by atoms with Crippen molar-refractivity contribution in [2.45, 2.75) is 12.5 Å². The van der Waals surface area contributed by atoms with Crippen molar-refractivity contribution in [2.75, 3.05) is 26.2 Å². The second-order valence-corrected chi connectivity index (χ2v) is 5.39. The molecule has 2 rings (SSSR count). The zero-order valence-electron chi connectivity index (χ0n) is 11.0. The summed E-state index contributed by atoms with van der Waals surface area (Å²) < 4.78 is 0. The molecule has 20 heavy (non-hydrogen) atoms. The standard InChI is InChI=1S/C12H18N4O2S.ClH/c13-12(18)15-9(10-2-1-7-19-10)8-11(17)16-5-3-14-4-6-16;/h1-2,7,9,14H,3-6,8H2,(H3,13,15,18);1H. The molecule has 0 radical (unpaired) electrons. The number of nitrogens with two attached hydrogens (primary N) is 1. The molecular weight excluding hydrogens is 300 g/mol. The maximum atomic E-state index is 12.2. The van der Waals surface area contributed by atoms with Crippen LogP contribution in [0.15, 0.2) is 17.5 Å². The van der Waals surface area contributed by atoms with E-state index in [-0.39, 0.29) is 30.8 Å². The molecule has 2 heterocycles. The van der Waals surface area contributed by atoms with E-state index in [1.165, 1.54) is 11.3 Å². The van der Waals surface area contributed by atoms with Crippen molar-refractivity contribution in [3.63, 3.8) is 0 Å². The minimum absolute atomic E-state index is 0. The van der Waals surface area contributed by atoms with Gasteiger partial charge in [0.2, 0.25) is 5.91 Å². The van der Waals surface area contributed by atoms with Gasteiger partial charge in [-0.3, -0.25) is 4.79 Å². The number of nitrogens with one attached hydrogen (secondary N) is 2. The second kappa shape index (κ2) is 8.08. The lowest BCUT2D eigenvalue weighted by Crippen LogP contribution is -2.47. The third-order valence-corrected chi connectivity index (χ3v) is 4.04. The summed E-state index contributed by atoms with van der Waals surface area (Å²) in [6, 6.07) is 2.85. The molecule has 8 heteroatoms. The number of piperazine rings is 1. The van der Waals surface area contributed by atoms with Crippen LogP contribution in [0, 0.1) is 0 Å². The SMILES string of the molecule is Cl.NC(=O)NC(CC(=O)N1CCNCC1)c1cccs1. The Morgan fingerprint density at radius 3 is 2.70 bits per heavy atom. The summed E-state index contributed by atoms with van der Waals surface area (Å²) in [5.74, 6) is 0.0497. The highest BCUT2D eigenvalue weighted by Gasteiger charge is 2.23. The largest absolute Gasteiger partial charge is 0.352 e. The van der Waals surface area contributed by atoms with Gasteiger partial charge < -0.3 is 21.3 Å². The van der Waals surface area contributed by atoms with Crippen LogP contribution in [0.3, 0.4) is 0 Å². The molecule has 0 saturated carbocycles. The van der Waals surface area contributed by atoms with Crippen LogP contribution in [0.2, 0.25) is 0 Å². The summed E-state index contributed by atoms with van der Waals surface area (Å²) in [7, 11) is 0. The third kappa shape index (κ3) is 4.66. The summed E-state index contributed by atoms with van der Waals surface area (Å²) in [5.41, 5.74) is 5.17. The molecule has 1 aromatic rings. The smallest absolute Gasteiger partial charge is 0.312 e. The summed E-state index contributed by atoms with van der Waals surface area (Å²) in [6.45, 7) is 3.07. The average molecular weight is 319 g/mol. The maximum absolute atomic E-state index is 12.2. The first-order chi connectivity index (χ1) is 9.16. The number of carbonyl (C=O) groups is 2. The normalized spacial score (nSPS) is 16.1. The first kappa shape index (κ1) is 16.7. The fraction of sp³-hybridized carbons (Fsp3) is 0.500. The summed E-state index contributed by atoms with van der Waals surface area (Å²) >= 11 is 1.51. The second-order valence-electron chi connectivity index (χ2n) is 4.41. The molecule has 1 atom stereocenters. The van der Waals surface area contributed by atoms with Crippen molar-refractivity contribution < 1.29 is 9.59 Å². The quantitative estimate of drug-likeness (QED) is 0.763. The summed E-state index contributed by atoms with van der Waals surface area (Å²) in [5, 5.41) is 7.76. The molecule has 1 aliphatic heterocycles. The van der Waals surface area contributed by atoms with E-state index in [2.05, 4.69) is 10.6 Å². The molecule has 112 valence electrons. The number of carbonyl (C=O) groups excluding carboxylic acids is 2. The van der Waals surface area contributed by atoms with Crippen molar-refractivity contribution in [2.24, 2.45) is 5.73 Å². The van der Waals surface area contributed by atoms with Crippen LogP contribution >= 0.6 is 23.7 Å². The van der Waals surface area contributed by atoms with E-state index in [1.807, 2.05) is 22.4 Å². The van der Waals surface area contributed by atoms with Gasteiger partial charge >= 0.3 is 6.03 Å².